The first-order valence-corrected chi connectivity index (χ1v) is 11.0. The second-order valence-electron chi connectivity index (χ2n) is 6.13. The molecule has 30 heavy (non-hydrogen) atoms. The van der Waals surface area contributed by atoms with Crippen molar-refractivity contribution < 1.29 is 22.7 Å². The van der Waals surface area contributed by atoms with E-state index in [1.807, 2.05) is 0 Å². The van der Waals surface area contributed by atoms with Crippen molar-refractivity contribution >= 4 is 43.2 Å². The van der Waals surface area contributed by atoms with Crippen LogP contribution in [0.15, 0.2) is 76.1 Å². The summed E-state index contributed by atoms with van der Waals surface area (Å²) in [6.07, 6.45) is 0. The Morgan fingerprint density at radius 2 is 1.63 bits per heavy atom. The molecular weight excluding hydrogens is 472 g/mol. The van der Waals surface area contributed by atoms with Crippen LogP contribution in [0.25, 0.3) is 0 Å². The highest BCUT2D eigenvalue weighted by Gasteiger charge is 2.22. The number of hydrogen-bond donors (Lipinski definition) is 2. The van der Waals surface area contributed by atoms with Crippen LogP contribution in [-0.4, -0.2) is 28.5 Å². The van der Waals surface area contributed by atoms with Crippen molar-refractivity contribution in [3.8, 4) is 11.5 Å². The maximum atomic E-state index is 13.0. The van der Waals surface area contributed by atoms with Gasteiger partial charge in [-0.2, -0.15) is 0 Å². The number of methoxy groups -OCH3 is 2. The third-order valence-corrected chi connectivity index (χ3v) is 6.06. The smallest absolute Gasteiger partial charge is 0.265 e. The van der Waals surface area contributed by atoms with Crippen LogP contribution in [0.3, 0.4) is 0 Å². The van der Waals surface area contributed by atoms with Gasteiger partial charge in [0.2, 0.25) is 0 Å². The van der Waals surface area contributed by atoms with E-state index >= 15 is 0 Å². The largest absolute Gasteiger partial charge is 0.497 e. The number of hydrogen-bond acceptors (Lipinski definition) is 5. The summed E-state index contributed by atoms with van der Waals surface area (Å²) in [5, 5.41) is 2.75. The number of nitrogens with one attached hydrogen (secondary N) is 2. The van der Waals surface area contributed by atoms with Crippen molar-refractivity contribution in [3.63, 3.8) is 0 Å². The Morgan fingerprint density at radius 1 is 0.933 bits per heavy atom. The first-order valence-electron chi connectivity index (χ1n) is 8.75. The van der Waals surface area contributed by atoms with Crippen LogP contribution in [0, 0.1) is 0 Å². The molecule has 0 aliphatic heterocycles. The molecule has 0 aromatic heterocycles. The molecule has 0 heterocycles. The molecule has 3 rings (SSSR count). The van der Waals surface area contributed by atoms with Gasteiger partial charge in [0.05, 0.1) is 25.5 Å². The summed E-state index contributed by atoms with van der Waals surface area (Å²) in [6.45, 7) is 0. The number of rotatable bonds is 7. The number of amides is 1. The summed E-state index contributed by atoms with van der Waals surface area (Å²) >= 11 is 3.27. The van der Waals surface area contributed by atoms with Gasteiger partial charge in [-0.05, 0) is 54.6 Å². The monoisotopic (exact) mass is 490 g/mol. The van der Waals surface area contributed by atoms with Crippen molar-refractivity contribution in [1.29, 1.82) is 0 Å². The topological polar surface area (TPSA) is 93.7 Å². The normalized spacial score (nSPS) is 10.9. The third kappa shape index (κ3) is 4.92. The lowest BCUT2D eigenvalue weighted by Gasteiger charge is -2.15. The zero-order valence-electron chi connectivity index (χ0n) is 16.2. The zero-order valence-corrected chi connectivity index (χ0v) is 18.6. The molecule has 2 N–H and O–H groups in total. The van der Waals surface area contributed by atoms with Crippen LogP contribution in [0.2, 0.25) is 0 Å². The second-order valence-corrected chi connectivity index (χ2v) is 8.70. The predicted octanol–water partition coefficient (Wildman–Crippen LogP) is 4.52. The van der Waals surface area contributed by atoms with E-state index in [1.165, 1.54) is 25.3 Å². The van der Waals surface area contributed by atoms with E-state index in [-0.39, 0.29) is 21.9 Å². The Morgan fingerprint density at radius 3 is 2.30 bits per heavy atom. The molecule has 0 saturated heterocycles. The van der Waals surface area contributed by atoms with E-state index in [0.717, 1.165) is 0 Å². The summed E-state index contributed by atoms with van der Waals surface area (Å²) < 4.78 is 39.3. The number of ether oxygens (including phenoxy) is 2. The number of sulfonamides is 1. The molecule has 0 saturated carbocycles. The minimum absolute atomic E-state index is 0.0512. The quantitative estimate of drug-likeness (QED) is 0.507. The third-order valence-electron chi connectivity index (χ3n) is 4.18. The molecule has 3 aromatic carbocycles. The molecule has 7 nitrogen and oxygen atoms in total. The van der Waals surface area contributed by atoms with E-state index in [1.54, 1.807) is 55.6 Å². The van der Waals surface area contributed by atoms with E-state index in [0.29, 0.717) is 15.9 Å². The molecule has 0 radical (unpaired) electrons. The number of carbonyl (C=O) groups excluding carboxylic acids is 1. The van der Waals surface area contributed by atoms with Crippen LogP contribution in [0.5, 0.6) is 11.5 Å². The van der Waals surface area contributed by atoms with E-state index < -0.39 is 15.9 Å². The number of anilines is 2. The van der Waals surface area contributed by atoms with E-state index in [2.05, 4.69) is 26.0 Å². The number of para-hydroxylation sites is 1. The summed E-state index contributed by atoms with van der Waals surface area (Å²) in [5.41, 5.74) is 0.864. The predicted molar refractivity (Wildman–Crippen MR) is 119 cm³/mol. The SMILES string of the molecule is COc1ccc(NC(=O)c2ccccc2NS(=O)(=O)c2cc(Br)ccc2OC)cc1. The van der Waals surface area contributed by atoms with Crippen molar-refractivity contribution in [2.24, 2.45) is 0 Å². The fraction of sp³-hybridized carbons (Fsp3) is 0.0952. The van der Waals surface area contributed by atoms with Gasteiger partial charge in [-0.15, -0.1) is 0 Å². The standard InChI is InChI=1S/C21H19BrN2O5S/c1-28-16-10-8-15(9-11-16)23-21(25)17-5-3-4-6-18(17)24-30(26,27)20-13-14(22)7-12-19(20)29-2/h3-13,24H,1-2H3,(H,23,25). The molecule has 0 spiro atoms. The molecule has 156 valence electrons. The Kier molecular flexibility index (Phi) is 6.63. The highest BCUT2D eigenvalue weighted by Crippen LogP contribution is 2.30. The Hall–Kier alpha value is -3.04. The molecule has 0 atom stereocenters. The van der Waals surface area contributed by atoms with E-state index in [9.17, 15) is 13.2 Å². The van der Waals surface area contributed by atoms with Crippen molar-refractivity contribution in [2.45, 2.75) is 4.90 Å². The molecule has 9 heteroatoms. The highest BCUT2D eigenvalue weighted by molar-refractivity contribution is 9.10. The lowest BCUT2D eigenvalue weighted by atomic mass is 10.1. The highest BCUT2D eigenvalue weighted by atomic mass is 79.9. The maximum absolute atomic E-state index is 13.0. The lowest BCUT2D eigenvalue weighted by molar-refractivity contribution is 0.102. The van der Waals surface area contributed by atoms with Gasteiger partial charge in [0.25, 0.3) is 15.9 Å². The molecule has 0 bridgehead atoms. The second kappa shape index (κ2) is 9.19. The van der Waals surface area contributed by atoms with E-state index in [4.69, 9.17) is 9.47 Å². The Bertz CT molecular complexity index is 1160. The summed E-state index contributed by atoms with van der Waals surface area (Å²) in [4.78, 5) is 12.7. The van der Waals surface area contributed by atoms with Gasteiger partial charge in [-0.25, -0.2) is 8.42 Å². The summed E-state index contributed by atoms with van der Waals surface area (Å²) in [6, 6.07) is 17.8. The first kappa shape index (κ1) is 21.7. The average molecular weight is 491 g/mol. The first-order chi connectivity index (χ1) is 14.3. The van der Waals surface area contributed by atoms with Crippen LogP contribution in [0.4, 0.5) is 11.4 Å². The fourth-order valence-corrected chi connectivity index (χ4v) is 4.49. The molecule has 0 fully saturated rings. The number of benzene rings is 3. The van der Waals surface area contributed by atoms with Gasteiger partial charge in [-0.3, -0.25) is 9.52 Å². The lowest BCUT2D eigenvalue weighted by Crippen LogP contribution is -2.19. The van der Waals surface area contributed by atoms with Crippen molar-refractivity contribution in [1.82, 2.24) is 0 Å². The van der Waals surface area contributed by atoms with Gasteiger partial charge < -0.3 is 14.8 Å². The molecule has 1 amide bonds. The van der Waals surface area contributed by atoms with Gasteiger partial charge in [-0.1, -0.05) is 28.1 Å². The number of halogens is 1. The van der Waals surface area contributed by atoms with Crippen LogP contribution >= 0.6 is 15.9 Å². The zero-order chi connectivity index (χ0) is 21.7. The fourth-order valence-electron chi connectivity index (χ4n) is 2.70. The van der Waals surface area contributed by atoms with Crippen LogP contribution < -0.4 is 19.5 Å². The molecule has 0 unspecified atom stereocenters. The minimum atomic E-state index is -4.02. The van der Waals surface area contributed by atoms with Crippen molar-refractivity contribution in [2.75, 3.05) is 24.3 Å². The molecule has 0 aliphatic rings. The van der Waals surface area contributed by atoms with Crippen LogP contribution in [0.1, 0.15) is 10.4 Å². The Balaban J connectivity index is 1.89. The summed E-state index contributed by atoms with van der Waals surface area (Å²) in [5.74, 6) is 0.384. The van der Waals surface area contributed by atoms with Crippen LogP contribution in [-0.2, 0) is 10.0 Å². The average Bonchev–Trinajstić information content (AvgIpc) is 2.74. The summed E-state index contributed by atoms with van der Waals surface area (Å²) in [7, 11) is -1.08. The van der Waals surface area contributed by atoms with Gasteiger partial charge in [0.1, 0.15) is 16.4 Å². The van der Waals surface area contributed by atoms with Gasteiger partial charge >= 0.3 is 0 Å². The number of carbonyl (C=O) groups is 1. The Labute approximate surface area is 183 Å². The van der Waals surface area contributed by atoms with Gasteiger partial charge in [0, 0.05) is 10.2 Å². The molecule has 3 aromatic rings. The molecular formula is C21H19BrN2O5S. The molecule has 0 aliphatic carbocycles. The van der Waals surface area contributed by atoms with Gasteiger partial charge in [0.15, 0.2) is 0 Å². The minimum Gasteiger partial charge on any atom is -0.497 e. The maximum Gasteiger partial charge on any atom is 0.265 e. The van der Waals surface area contributed by atoms with Crippen molar-refractivity contribution in [3.05, 3.63) is 76.8 Å².